The molecule has 204 valence electrons. The average Bonchev–Trinajstić information content (AvgIpc) is 3.39. The van der Waals surface area contributed by atoms with Gasteiger partial charge in [0.1, 0.15) is 5.82 Å². The number of aromatic nitrogens is 2. The number of hydrogen-bond donors (Lipinski definition) is 0. The van der Waals surface area contributed by atoms with Crippen LogP contribution in [0.2, 0.25) is 0 Å². The van der Waals surface area contributed by atoms with Gasteiger partial charge in [0.05, 0.1) is 20.3 Å². The molecular weight excluding hydrogens is 481 g/mol. The van der Waals surface area contributed by atoms with Gasteiger partial charge in [0.25, 0.3) is 0 Å². The minimum Gasteiger partial charge on any atom is -0.493 e. The second-order valence-corrected chi connectivity index (χ2v) is 10.3. The fraction of sp³-hybridized carbons (Fsp3) is 0.643. The fourth-order valence-electron chi connectivity index (χ4n) is 5.31. The number of aryl methyl sites for hydroxylation is 1. The van der Waals surface area contributed by atoms with Crippen LogP contribution >= 0.6 is 0 Å². The normalized spacial score (nSPS) is 17.8. The Labute approximate surface area is 218 Å². The van der Waals surface area contributed by atoms with Gasteiger partial charge >= 0.3 is 6.18 Å². The number of likely N-dealkylation sites (tertiary alicyclic amines) is 2. The summed E-state index contributed by atoms with van der Waals surface area (Å²) in [7, 11) is 1.65. The molecule has 2 fully saturated rings. The van der Waals surface area contributed by atoms with Crippen LogP contribution in [-0.4, -0.2) is 78.9 Å². The first-order valence-electron chi connectivity index (χ1n) is 13.5. The maximum atomic E-state index is 12.6. The number of hydrogen-bond acceptors (Lipinski definition) is 6. The van der Waals surface area contributed by atoms with Gasteiger partial charge in [-0.25, -0.2) is 9.97 Å². The molecule has 0 amide bonds. The van der Waals surface area contributed by atoms with Crippen LogP contribution in [0.25, 0.3) is 0 Å². The molecule has 0 atom stereocenters. The van der Waals surface area contributed by atoms with Crippen molar-refractivity contribution in [3.05, 3.63) is 47.5 Å². The Bertz CT molecular complexity index is 974. The van der Waals surface area contributed by atoms with Crippen LogP contribution in [0.1, 0.15) is 55.6 Å². The van der Waals surface area contributed by atoms with Gasteiger partial charge in [0.2, 0.25) is 0 Å². The number of halogens is 3. The van der Waals surface area contributed by atoms with Crippen molar-refractivity contribution in [3.8, 4) is 11.5 Å². The van der Waals surface area contributed by atoms with Gasteiger partial charge in [-0.15, -0.1) is 0 Å². The van der Waals surface area contributed by atoms with Gasteiger partial charge in [-0.1, -0.05) is 6.07 Å². The van der Waals surface area contributed by atoms with Gasteiger partial charge < -0.3 is 14.4 Å². The summed E-state index contributed by atoms with van der Waals surface area (Å²) in [5.41, 5.74) is 2.04. The molecule has 0 bridgehead atoms. The zero-order valence-corrected chi connectivity index (χ0v) is 21.8. The Hall–Kier alpha value is -2.39. The minimum atomic E-state index is -4.12. The highest BCUT2D eigenvalue weighted by molar-refractivity contribution is 5.43. The molecule has 1 aromatic carbocycles. The summed E-state index contributed by atoms with van der Waals surface area (Å²) in [6.45, 7) is 4.33. The third-order valence-corrected chi connectivity index (χ3v) is 7.35. The molecule has 2 saturated heterocycles. The second-order valence-electron chi connectivity index (χ2n) is 10.3. The third kappa shape index (κ3) is 9.14. The lowest BCUT2D eigenvalue weighted by Crippen LogP contribution is -2.40. The van der Waals surface area contributed by atoms with Crippen molar-refractivity contribution in [2.75, 3.05) is 53.0 Å². The van der Waals surface area contributed by atoms with Gasteiger partial charge in [-0.3, -0.25) is 4.90 Å². The molecular formula is C28H39F3N4O2. The molecule has 0 radical (unpaired) electrons. The van der Waals surface area contributed by atoms with E-state index >= 15 is 0 Å². The molecule has 0 spiro atoms. The number of methoxy groups -OCH3 is 1. The van der Waals surface area contributed by atoms with Crippen molar-refractivity contribution in [1.29, 1.82) is 0 Å². The zero-order valence-electron chi connectivity index (χ0n) is 21.8. The van der Waals surface area contributed by atoms with E-state index in [0.29, 0.717) is 32.0 Å². The van der Waals surface area contributed by atoms with E-state index in [1.807, 2.05) is 24.3 Å². The van der Waals surface area contributed by atoms with Crippen LogP contribution in [0.4, 0.5) is 13.2 Å². The topological polar surface area (TPSA) is 50.7 Å². The lowest BCUT2D eigenvalue weighted by atomic mass is 9.91. The zero-order chi connectivity index (χ0) is 26.1. The molecule has 3 heterocycles. The first kappa shape index (κ1) is 27.6. The fourth-order valence-corrected chi connectivity index (χ4v) is 5.31. The predicted octanol–water partition coefficient (Wildman–Crippen LogP) is 5.15. The van der Waals surface area contributed by atoms with E-state index in [1.54, 1.807) is 13.3 Å². The lowest BCUT2D eigenvalue weighted by Gasteiger charge is -2.32. The third-order valence-electron chi connectivity index (χ3n) is 7.35. The number of nitrogens with zero attached hydrogens (tertiary/aromatic N) is 4. The first-order chi connectivity index (χ1) is 17.9. The molecule has 9 heteroatoms. The Kier molecular flexibility index (Phi) is 10.0. The summed E-state index contributed by atoms with van der Waals surface area (Å²) < 4.78 is 49.4. The first-order valence-corrected chi connectivity index (χ1v) is 13.5. The average molecular weight is 521 g/mol. The number of piperidine rings is 1. The van der Waals surface area contributed by atoms with Crippen LogP contribution in [0.3, 0.4) is 0 Å². The van der Waals surface area contributed by atoms with E-state index in [-0.39, 0.29) is 0 Å². The molecule has 0 unspecified atom stereocenters. The van der Waals surface area contributed by atoms with E-state index < -0.39 is 12.7 Å². The molecule has 37 heavy (non-hydrogen) atoms. The minimum absolute atomic E-state index is 0.440. The molecule has 4 rings (SSSR count). The van der Waals surface area contributed by atoms with Crippen LogP contribution in [0.15, 0.2) is 30.5 Å². The summed E-state index contributed by atoms with van der Waals surface area (Å²) in [6.07, 6.45) is 5.22. The molecule has 2 aromatic rings. The summed E-state index contributed by atoms with van der Waals surface area (Å²) >= 11 is 0. The van der Waals surface area contributed by atoms with Crippen LogP contribution in [-0.2, 0) is 12.8 Å². The Morgan fingerprint density at radius 2 is 1.78 bits per heavy atom. The standard InChI is InChI=1S/C28H39F3N4O2/c1-36-25-8-6-23(19-26(25)37-18-4-15-34-13-2-3-14-34)20-27-32-12-9-24(33-27)7-5-22-10-16-35(17-11-22)21-28(29,30)31/h6,8-9,12,19,22H,2-5,7,10-11,13-18,20-21H2,1H3. The van der Waals surface area contributed by atoms with Crippen molar-refractivity contribution in [2.24, 2.45) is 5.92 Å². The molecule has 2 aliphatic rings. The highest BCUT2D eigenvalue weighted by atomic mass is 19.4. The van der Waals surface area contributed by atoms with Crippen molar-refractivity contribution in [1.82, 2.24) is 19.8 Å². The predicted molar refractivity (Wildman–Crippen MR) is 137 cm³/mol. The largest absolute Gasteiger partial charge is 0.493 e. The van der Waals surface area contributed by atoms with Gasteiger partial charge in [0, 0.05) is 24.9 Å². The highest BCUT2D eigenvalue weighted by Gasteiger charge is 2.32. The SMILES string of the molecule is COc1ccc(Cc2nccc(CCC3CCN(CC(F)(F)F)CC3)n2)cc1OCCCN1CCCC1. The van der Waals surface area contributed by atoms with Crippen molar-refractivity contribution < 1.29 is 22.6 Å². The molecule has 1 aromatic heterocycles. The molecule has 0 saturated carbocycles. The number of ether oxygens (including phenoxy) is 2. The maximum Gasteiger partial charge on any atom is 0.401 e. The highest BCUT2D eigenvalue weighted by Crippen LogP contribution is 2.29. The summed E-state index contributed by atoms with van der Waals surface area (Å²) in [5.74, 6) is 2.66. The Balaban J connectivity index is 1.25. The number of alkyl halides is 3. The van der Waals surface area contributed by atoms with Crippen LogP contribution in [0.5, 0.6) is 11.5 Å². The van der Waals surface area contributed by atoms with Crippen molar-refractivity contribution in [3.63, 3.8) is 0 Å². The molecule has 0 aliphatic carbocycles. The Morgan fingerprint density at radius 1 is 1.00 bits per heavy atom. The molecule has 6 nitrogen and oxygen atoms in total. The monoisotopic (exact) mass is 520 g/mol. The number of benzene rings is 1. The van der Waals surface area contributed by atoms with Crippen molar-refractivity contribution in [2.45, 2.75) is 57.5 Å². The van der Waals surface area contributed by atoms with Crippen molar-refractivity contribution >= 4 is 0 Å². The summed E-state index contributed by atoms with van der Waals surface area (Å²) in [5, 5.41) is 0. The van der Waals surface area contributed by atoms with Crippen LogP contribution < -0.4 is 9.47 Å². The maximum absolute atomic E-state index is 12.6. The van der Waals surface area contributed by atoms with E-state index in [2.05, 4.69) is 9.88 Å². The van der Waals surface area contributed by atoms with E-state index in [0.717, 1.165) is 67.2 Å². The smallest absolute Gasteiger partial charge is 0.401 e. The van der Waals surface area contributed by atoms with E-state index in [9.17, 15) is 13.2 Å². The van der Waals surface area contributed by atoms with Gasteiger partial charge in [-0.05, 0) is 101 Å². The quantitative estimate of drug-likeness (QED) is 0.361. The van der Waals surface area contributed by atoms with Gasteiger partial charge in [-0.2, -0.15) is 13.2 Å². The lowest BCUT2D eigenvalue weighted by molar-refractivity contribution is -0.148. The van der Waals surface area contributed by atoms with Gasteiger partial charge in [0.15, 0.2) is 11.5 Å². The second kappa shape index (κ2) is 13.4. The molecule has 0 N–H and O–H groups in total. The van der Waals surface area contributed by atoms with E-state index in [4.69, 9.17) is 14.5 Å². The summed E-state index contributed by atoms with van der Waals surface area (Å²) in [6, 6.07) is 7.89. The van der Waals surface area contributed by atoms with Crippen LogP contribution in [0, 0.1) is 5.92 Å². The Morgan fingerprint density at radius 3 is 2.51 bits per heavy atom. The van der Waals surface area contributed by atoms with E-state index in [1.165, 1.54) is 30.8 Å². The molecule has 2 aliphatic heterocycles. The number of rotatable bonds is 12. The summed E-state index contributed by atoms with van der Waals surface area (Å²) in [4.78, 5) is 13.2.